The maximum atomic E-state index is 14.0. The van der Waals surface area contributed by atoms with Crippen molar-refractivity contribution in [3.63, 3.8) is 0 Å². The summed E-state index contributed by atoms with van der Waals surface area (Å²) in [5, 5.41) is 8.56. The zero-order valence-corrected chi connectivity index (χ0v) is 23.2. The number of aryl methyl sites for hydroxylation is 3. The molecule has 4 aromatic heterocycles. The SMILES string of the molecule is Cc1ccc(CNc2ccc(-n3c(=O)c(-c4ccc5nn(C)cc5c4)nc4ccc(OCC(F)F)nc43)cn2)cc1C. The molecule has 0 aliphatic heterocycles. The first-order valence-electron chi connectivity index (χ1n) is 13.3. The Morgan fingerprint density at radius 1 is 0.952 bits per heavy atom. The summed E-state index contributed by atoms with van der Waals surface area (Å²) in [5.41, 5.74) is 5.70. The maximum Gasteiger partial charge on any atom is 0.283 e. The fourth-order valence-corrected chi connectivity index (χ4v) is 4.73. The number of ether oxygens (including phenoxy) is 1. The second-order valence-electron chi connectivity index (χ2n) is 10.0. The largest absolute Gasteiger partial charge is 0.472 e. The Kier molecular flexibility index (Phi) is 7.07. The normalized spacial score (nSPS) is 11.5. The van der Waals surface area contributed by atoms with E-state index in [1.165, 1.54) is 21.8 Å². The van der Waals surface area contributed by atoms with Gasteiger partial charge in [-0.05, 0) is 60.9 Å². The van der Waals surface area contributed by atoms with Crippen molar-refractivity contribution in [2.24, 2.45) is 7.05 Å². The second-order valence-corrected chi connectivity index (χ2v) is 10.0. The van der Waals surface area contributed by atoms with Crippen LogP contribution in [0, 0.1) is 13.8 Å². The van der Waals surface area contributed by atoms with Crippen LogP contribution in [-0.4, -0.2) is 42.3 Å². The Morgan fingerprint density at radius 3 is 2.55 bits per heavy atom. The summed E-state index contributed by atoms with van der Waals surface area (Å²) in [6, 6.07) is 18.3. The van der Waals surface area contributed by atoms with Gasteiger partial charge in [-0.15, -0.1) is 0 Å². The number of pyridine rings is 2. The van der Waals surface area contributed by atoms with Crippen LogP contribution in [0.5, 0.6) is 5.88 Å². The summed E-state index contributed by atoms with van der Waals surface area (Å²) >= 11 is 0. The number of aromatic nitrogens is 6. The molecule has 9 nitrogen and oxygen atoms in total. The molecule has 0 aliphatic carbocycles. The summed E-state index contributed by atoms with van der Waals surface area (Å²) in [4.78, 5) is 27.5. The molecule has 0 saturated heterocycles. The molecule has 0 spiro atoms. The van der Waals surface area contributed by atoms with E-state index < -0.39 is 18.6 Å². The van der Waals surface area contributed by atoms with Gasteiger partial charge in [-0.3, -0.25) is 14.0 Å². The molecule has 4 heterocycles. The van der Waals surface area contributed by atoms with E-state index >= 15 is 0 Å². The number of nitrogens with zero attached hydrogens (tertiary/aromatic N) is 6. The van der Waals surface area contributed by atoms with Gasteiger partial charge in [0.2, 0.25) is 5.88 Å². The first kappa shape index (κ1) is 27.0. The van der Waals surface area contributed by atoms with Crippen molar-refractivity contribution in [3.05, 3.63) is 100 Å². The molecule has 0 aliphatic rings. The van der Waals surface area contributed by atoms with E-state index in [0.717, 1.165) is 16.5 Å². The first-order valence-corrected chi connectivity index (χ1v) is 13.3. The van der Waals surface area contributed by atoms with Gasteiger partial charge in [-0.2, -0.15) is 10.1 Å². The molecule has 2 aromatic carbocycles. The third-order valence-corrected chi connectivity index (χ3v) is 6.98. The number of alkyl halides is 2. The van der Waals surface area contributed by atoms with E-state index in [1.54, 1.807) is 35.1 Å². The molecule has 42 heavy (non-hydrogen) atoms. The Balaban J connectivity index is 1.41. The fourth-order valence-electron chi connectivity index (χ4n) is 4.73. The summed E-state index contributed by atoms with van der Waals surface area (Å²) in [6.07, 6.45) is 0.757. The van der Waals surface area contributed by atoms with E-state index in [-0.39, 0.29) is 17.2 Å². The van der Waals surface area contributed by atoms with Gasteiger partial charge in [0.1, 0.15) is 17.0 Å². The van der Waals surface area contributed by atoms with E-state index in [9.17, 15) is 13.6 Å². The average Bonchev–Trinajstić information content (AvgIpc) is 3.36. The molecule has 6 rings (SSSR count). The predicted octanol–water partition coefficient (Wildman–Crippen LogP) is 5.60. The Bertz CT molecular complexity index is 1980. The third-order valence-electron chi connectivity index (χ3n) is 6.98. The number of hydrogen-bond acceptors (Lipinski definition) is 7. The smallest absolute Gasteiger partial charge is 0.283 e. The fraction of sp³-hybridized carbons (Fsp3) is 0.194. The molecule has 0 radical (unpaired) electrons. The number of anilines is 1. The van der Waals surface area contributed by atoms with Crippen LogP contribution in [0.25, 0.3) is 39.0 Å². The highest BCUT2D eigenvalue weighted by atomic mass is 19.3. The Labute approximate surface area is 239 Å². The monoisotopic (exact) mass is 567 g/mol. The lowest BCUT2D eigenvalue weighted by Gasteiger charge is -2.14. The molecule has 0 saturated carbocycles. The highest BCUT2D eigenvalue weighted by Gasteiger charge is 2.18. The summed E-state index contributed by atoms with van der Waals surface area (Å²) < 4.78 is 33.8. The van der Waals surface area contributed by atoms with Gasteiger partial charge < -0.3 is 10.1 Å². The summed E-state index contributed by atoms with van der Waals surface area (Å²) in [7, 11) is 1.83. The highest BCUT2D eigenvalue weighted by molar-refractivity contribution is 5.85. The predicted molar refractivity (Wildman–Crippen MR) is 157 cm³/mol. The molecule has 6 aromatic rings. The van der Waals surface area contributed by atoms with E-state index in [4.69, 9.17) is 4.74 Å². The van der Waals surface area contributed by atoms with Crippen LogP contribution in [0.15, 0.2) is 77.9 Å². The minimum atomic E-state index is -2.67. The average molecular weight is 568 g/mol. The standard InChI is InChI=1S/C31H27F2N7O2/c1-18-4-5-20(12-19(18)2)14-34-27-10-7-23(15-35-27)40-30-25(9-11-28(37-30)42-17-26(32)33)36-29(31(40)41)21-6-8-24-22(13-21)16-39(3)38-24/h4-13,15-16,26H,14,17H2,1-3H3,(H,34,35). The van der Waals surface area contributed by atoms with Crippen LogP contribution in [-0.2, 0) is 13.6 Å². The minimum absolute atomic E-state index is 0.0399. The van der Waals surface area contributed by atoms with Crippen LogP contribution in [0.1, 0.15) is 16.7 Å². The van der Waals surface area contributed by atoms with Gasteiger partial charge in [0.25, 0.3) is 12.0 Å². The topological polar surface area (TPSA) is 99.8 Å². The van der Waals surface area contributed by atoms with Crippen molar-refractivity contribution < 1.29 is 13.5 Å². The van der Waals surface area contributed by atoms with Crippen LogP contribution in [0.2, 0.25) is 0 Å². The van der Waals surface area contributed by atoms with Gasteiger partial charge >= 0.3 is 0 Å². The molecule has 11 heteroatoms. The Hall–Kier alpha value is -5.19. The van der Waals surface area contributed by atoms with Crippen molar-refractivity contribution in [2.75, 3.05) is 11.9 Å². The van der Waals surface area contributed by atoms with Gasteiger partial charge in [0, 0.05) is 36.8 Å². The van der Waals surface area contributed by atoms with Gasteiger partial charge in [0.15, 0.2) is 12.3 Å². The number of benzene rings is 2. The molecule has 0 fully saturated rings. The number of fused-ring (bicyclic) bond motifs is 2. The molecule has 0 unspecified atom stereocenters. The number of halogens is 2. The lowest BCUT2D eigenvalue weighted by molar-refractivity contribution is 0.0797. The van der Waals surface area contributed by atoms with Crippen molar-refractivity contribution in [1.82, 2.24) is 29.3 Å². The third kappa shape index (κ3) is 5.40. The number of hydrogen-bond donors (Lipinski definition) is 1. The molecular weight excluding hydrogens is 540 g/mol. The van der Waals surface area contributed by atoms with Crippen molar-refractivity contribution in [1.29, 1.82) is 0 Å². The number of rotatable bonds is 8. The minimum Gasteiger partial charge on any atom is -0.472 e. The lowest BCUT2D eigenvalue weighted by atomic mass is 10.1. The summed E-state index contributed by atoms with van der Waals surface area (Å²) in [5.74, 6) is 0.585. The van der Waals surface area contributed by atoms with Gasteiger partial charge in [0.05, 0.1) is 17.4 Å². The zero-order chi connectivity index (χ0) is 29.4. The molecule has 0 atom stereocenters. The molecule has 1 N–H and O–H groups in total. The second kappa shape index (κ2) is 11.0. The van der Waals surface area contributed by atoms with Gasteiger partial charge in [-0.25, -0.2) is 18.7 Å². The van der Waals surface area contributed by atoms with Crippen LogP contribution < -0.4 is 15.6 Å². The van der Waals surface area contributed by atoms with Crippen molar-refractivity contribution in [2.45, 2.75) is 26.8 Å². The first-order chi connectivity index (χ1) is 20.2. The van der Waals surface area contributed by atoms with Crippen LogP contribution in [0.4, 0.5) is 14.6 Å². The van der Waals surface area contributed by atoms with Crippen LogP contribution in [0.3, 0.4) is 0 Å². The zero-order valence-electron chi connectivity index (χ0n) is 23.2. The quantitative estimate of drug-likeness (QED) is 0.256. The molecule has 0 bridgehead atoms. The maximum absolute atomic E-state index is 14.0. The van der Waals surface area contributed by atoms with E-state index in [0.29, 0.717) is 29.1 Å². The highest BCUT2D eigenvalue weighted by Crippen LogP contribution is 2.25. The van der Waals surface area contributed by atoms with Crippen molar-refractivity contribution >= 4 is 27.9 Å². The van der Waals surface area contributed by atoms with Crippen molar-refractivity contribution in [3.8, 4) is 22.8 Å². The van der Waals surface area contributed by atoms with E-state index in [1.807, 2.05) is 25.4 Å². The molecule has 212 valence electrons. The lowest BCUT2D eigenvalue weighted by Crippen LogP contribution is -2.23. The van der Waals surface area contributed by atoms with Crippen LogP contribution >= 0.6 is 0 Å². The van der Waals surface area contributed by atoms with E-state index in [2.05, 4.69) is 57.4 Å². The Morgan fingerprint density at radius 2 is 1.79 bits per heavy atom. The summed E-state index contributed by atoms with van der Waals surface area (Å²) in [6.45, 7) is 3.91. The van der Waals surface area contributed by atoms with Gasteiger partial charge in [-0.1, -0.05) is 24.3 Å². The molecular formula is C31H27F2N7O2. The number of nitrogens with one attached hydrogen (secondary N) is 1. The molecule has 0 amide bonds.